The number of aliphatic imine (C=N–C) groups is 1. The molecule has 216 valence electrons. The second kappa shape index (κ2) is 14.9. The molecule has 0 unspecified atom stereocenters. The van der Waals surface area contributed by atoms with Crippen molar-refractivity contribution in [3.8, 4) is 6.19 Å². The number of aliphatic carboxylic acids is 1. The third-order valence-electron chi connectivity index (χ3n) is 6.01. The number of nitrogens with zero attached hydrogens (tertiary/aromatic N) is 3. The number of carboxylic acids is 1. The Morgan fingerprint density at radius 3 is 2.80 bits per heavy atom. The number of allylic oxidation sites excluding steroid dienone is 2. The van der Waals surface area contributed by atoms with Crippen molar-refractivity contribution in [3.05, 3.63) is 75.2 Å². The molecule has 12 nitrogen and oxygen atoms in total. The molecule has 2 heterocycles. The molecule has 3 rings (SSSR count). The van der Waals surface area contributed by atoms with E-state index in [1.165, 1.54) is 13.4 Å². The maximum absolute atomic E-state index is 13.1. The Kier molecular flexibility index (Phi) is 11.3. The number of nitriles is 1. The first kappa shape index (κ1) is 31.2. The van der Waals surface area contributed by atoms with Crippen LogP contribution in [0.5, 0.6) is 0 Å². The summed E-state index contributed by atoms with van der Waals surface area (Å²) in [5.74, 6) is -2.24. The Morgan fingerprint density at radius 1 is 1.34 bits per heavy atom. The largest absolute Gasteiger partial charge is 0.480 e. The molecule has 41 heavy (non-hydrogen) atoms. The Labute approximate surface area is 246 Å². The van der Waals surface area contributed by atoms with Crippen LogP contribution in [0, 0.1) is 11.5 Å². The van der Waals surface area contributed by atoms with Crippen molar-refractivity contribution in [1.82, 2.24) is 20.9 Å². The van der Waals surface area contributed by atoms with E-state index in [0.717, 1.165) is 5.56 Å². The molecule has 1 aliphatic heterocycles. The Hall–Kier alpha value is -4.31. The fourth-order valence-corrected chi connectivity index (χ4v) is 4.77. The van der Waals surface area contributed by atoms with E-state index in [9.17, 15) is 19.5 Å². The first-order valence-corrected chi connectivity index (χ1v) is 13.1. The number of benzene rings is 1. The van der Waals surface area contributed by atoms with Crippen LogP contribution in [0.1, 0.15) is 37.6 Å². The molecule has 1 aromatic heterocycles. The zero-order chi connectivity index (χ0) is 29.9. The lowest BCUT2D eigenvalue weighted by Gasteiger charge is -2.30. The number of amides is 2. The van der Waals surface area contributed by atoms with E-state index in [2.05, 4.69) is 27.5 Å². The van der Waals surface area contributed by atoms with Gasteiger partial charge in [-0.2, -0.15) is 5.26 Å². The highest BCUT2D eigenvalue weighted by atomic mass is 35.5. The summed E-state index contributed by atoms with van der Waals surface area (Å²) in [7, 11) is 1.50. The lowest BCUT2D eigenvalue weighted by Crippen LogP contribution is -2.51. The van der Waals surface area contributed by atoms with Crippen molar-refractivity contribution < 1.29 is 28.6 Å². The summed E-state index contributed by atoms with van der Waals surface area (Å²) in [5, 5.41) is 26.5. The minimum Gasteiger partial charge on any atom is -0.480 e. The van der Waals surface area contributed by atoms with Crippen molar-refractivity contribution in [3.63, 3.8) is 0 Å². The second-order valence-electron chi connectivity index (χ2n) is 8.73. The summed E-state index contributed by atoms with van der Waals surface area (Å²) < 4.78 is 10.3. The topological polar surface area (TPSA) is 169 Å². The van der Waals surface area contributed by atoms with Crippen molar-refractivity contribution in [2.45, 2.75) is 19.0 Å². The molecule has 0 saturated heterocycles. The molecule has 2 aromatic rings. The zero-order valence-electron chi connectivity index (χ0n) is 22.1. The standard InChI is InChI=1S/C27H28Cl2N6O6/c1-3-4-5-16-10-21(41-14-16)25(37)35-8-6-18-17(13-35)11-19(28)22(23(18)29)24(36)34-20(26(38)39)12-32-27(33-15-30)31-7-9-40-2/h3-5,10-11,14,20H,1,6-9,12-13H2,2H3,(H,34,36)(H,38,39)(H2,31,32,33)/b5-4-/t20-/m0/s1. The zero-order valence-corrected chi connectivity index (χ0v) is 23.6. The van der Waals surface area contributed by atoms with E-state index in [1.807, 2.05) is 0 Å². The van der Waals surface area contributed by atoms with E-state index >= 15 is 0 Å². The van der Waals surface area contributed by atoms with E-state index < -0.39 is 17.9 Å². The van der Waals surface area contributed by atoms with Crippen molar-refractivity contribution >= 4 is 53.0 Å². The Morgan fingerprint density at radius 2 is 2.12 bits per heavy atom. The van der Waals surface area contributed by atoms with Crippen LogP contribution >= 0.6 is 23.2 Å². The maximum Gasteiger partial charge on any atom is 0.328 e. The molecule has 0 bridgehead atoms. The van der Waals surface area contributed by atoms with Gasteiger partial charge in [0.15, 0.2) is 5.76 Å². The number of halogens is 2. The smallest absolute Gasteiger partial charge is 0.328 e. The molecule has 4 N–H and O–H groups in total. The second-order valence-corrected chi connectivity index (χ2v) is 9.51. The van der Waals surface area contributed by atoms with Gasteiger partial charge in [-0.25, -0.2) is 4.79 Å². The Bertz CT molecular complexity index is 1410. The van der Waals surface area contributed by atoms with Crippen LogP contribution in [0.2, 0.25) is 10.0 Å². The van der Waals surface area contributed by atoms with Crippen LogP contribution in [0.25, 0.3) is 6.08 Å². The van der Waals surface area contributed by atoms with Gasteiger partial charge in [0.25, 0.3) is 11.8 Å². The highest BCUT2D eigenvalue weighted by molar-refractivity contribution is 6.40. The normalized spacial score (nSPS) is 13.7. The van der Waals surface area contributed by atoms with Gasteiger partial charge in [-0.05, 0) is 29.7 Å². The quantitative estimate of drug-likeness (QED) is 0.0992. The number of carbonyl (C=O) groups excluding carboxylic acids is 2. The van der Waals surface area contributed by atoms with E-state index in [1.54, 1.807) is 41.5 Å². The number of rotatable bonds is 11. The van der Waals surface area contributed by atoms with Gasteiger partial charge in [-0.15, -0.1) is 4.99 Å². The van der Waals surface area contributed by atoms with Crippen LogP contribution < -0.4 is 16.0 Å². The van der Waals surface area contributed by atoms with Crippen molar-refractivity contribution in [2.75, 3.05) is 33.4 Å². The van der Waals surface area contributed by atoms with Gasteiger partial charge in [0.1, 0.15) is 6.04 Å². The van der Waals surface area contributed by atoms with E-state index in [0.29, 0.717) is 37.2 Å². The number of carbonyl (C=O) groups is 3. The third kappa shape index (κ3) is 8.11. The highest BCUT2D eigenvalue weighted by Gasteiger charge is 2.30. The number of fused-ring (bicyclic) bond motifs is 1. The first-order chi connectivity index (χ1) is 19.7. The Balaban J connectivity index is 1.73. The molecule has 14 heteroatoms. The fraction of sp³-hybridized carbons (Fsp3) is 0.296. The van der Waals surface area contributed by atoms with Crippen LogP contribution in [-0.4, -0.2) is 73.1 Å². The molecular formula is C27H28Cl2N6O6. The molecule has 0 radical (unpaired) electrons. The van der Waals surface area contributed by atoms with Gasteiger partial charge >= 0.3 is 5.97 Å². The number of nitrogens with one attached hydrogen (secondary N) is 3. The van der Waals surface area contributed by atoms with Crippen LogP contribution in [-0.2, 0) is 22.5 Å². The van der Waals surface area contributed by atoms with Crippen LogP contribution in [0.3, 0.4) is 0 Å². The number of methoxy groups -OCH3 is 1. The molecule has 0 fully saturated rings. The summed E-state index contributed by atoms with van der Waals surface area (Å²) in [6, 6.07) is 1.76. The molecule has 1 atom stereocenters. The number of ether oxygens (including phenoxy) is 1. The molecule has 0 aliphatic carbocycles. The van der Waals surface area contributed by atoms with Crippen LogP contribution in [0.15, 0.2) is 46.5 Å². The number of hydrogen-bond acceptors (Lipinski definition) is 7. The van der Waals surface area contributed by atoms with Gasteiger partial charge in [0, 0.05) is 38.9 Å². The van der Waals surface area contributed by atoms with Gasteiger partial charge in [0.05, 0.1) is 28.5 Å². The molecule has 2 amide bonds. The fourth-order valence-electron chi connectivity index (χ4n) is 4.01. The van der Waals surface area contributed by atoms with E-state index in [4.69, 9.17) is 37.6 Å². The lowest BCUT2D eigenvalue weighted by atomic mass is 9.96. The number of carboxylic acid groups (broad SMARTS) is 1. The third-order valence-corrected chi connectivity index (χ3v) is 6.73. The van der Waals surface area contributed by atoms with Gasteiger partial charge < -0.3 is 35.1 Å². The van der Waals surface area contributed by atoms with Gasteiger partial charge in [-0.3, -0.25) is 9.59 Å². The molecule has 0 spiro atoms. The van der Waals surface area contributed by atoms with Gasteiger partial charge in [0.2, 0.25) is 12.2 Å². The highest BCUT2D eigenvalue weighted by Crippen LogP contribution is 2.35. The summed E-state index contributed by atoms with van der Waals surface area (Å²) in [6.07, 6.45) is 8.51. The average molecular weight is 603 g/mol. The number of hydrogen-bond donors (Lipinski definition) is 4. The van der Waals surface area contributed by atoms with Crippen LogP contribution in [0.4, 0.5) is 0 Å². The number of guanidine groups is 1. The average Bonchev–Trinajstić information content (AvgIpc) is 3.42. The summed E-state index contributed by atoms with van der Waals surface area (Å²) >= 11 is 13.0. The molecular weight excluding hydrogens is 575 g/mol. The first-order valence-electron chi connectivity index (χ1n) is 12.3. The minimum atomic E-state index is -1.41. The molecule has 1 aromatic carbocycles. The maximum atomic E-state index is 13.1. The van der Waals surface area contributed by atoms with Gasteiger partial charge in [-0.1, -0.05) is 48.0 Å². The molecule has 0 saturated carbocycles. The lowest BCUT2D eigenvalue weighted by molar-refractivity contribution is -0.139. The van der Waals surface area contributed by atoms with Crippen molar-refractivity contribution in [1.29, 1.82) is 5.26 Å². The summed E-state index contributed by atoms with van der Waals surface area (Å²) in [6.45, 7) is 4.45. The monoisotopic (exact) mass is 602 g/mol. The predicted molar refractivity (Wildman–Crippen MR) is 153 cm³/mol. The van der Waals surface area contributed by atoms with E-state index in [-0.39, 0.29) is 46.3 Å². The minimum absolute atomic E-state index is 0.000424. The molecule has 1 aliphatic rings. The summed E-state index contributed by atoms with van der Waals surface area (Å²) in [4.78, 5) is 43.1. The SMILES string of the molecule is C=C/C=C\c1coc(C(=O)N2CCc3c(cc(Cl)c(C(=O)N[C@@H](CNC(=NC#N)NCCOC)C(=O)O)c3Cl)C2)c1. The predicted octanol–water partition coefficient (Wildman–Crippen LogP) is 2.83. The number of furan rings is 1. The van der Waals surface area contributed by atoms with Crippen molar-refractivity contribution in [2.24, 2.45) is 4.99 Å². The summed E-state index contributed by atoms with van der Waals surface area (Å²) in [5.41, 5.74) is 1.94.